The van der Waals surface area contributed by atoms with Gasteiger partial charge in [-0.05, 0) is 13.0 Å². The molecule has 21 heavy (non-hydrogen) atoms. The normalized spacial score (nSPS) is 21.6. The van der Waals surface area contributed by atoms with Gasteiger partial charge in [0.05, 0.1) is 12.7 Å². The number of benzene rings is 1. The molecule has 2 atom stereocenters. The molecule has 0 aliphatic carbocycles. The minimum Gasteiger partial charge on any atom is -0.489 e. The Kier molecular flexibility index (Phi) is 5.78. The SMILES string of the molecule is C=CCOc1ccccc1CNC(=O)[C@H]1NCCO[C@@H]1C. The van der Waals surface area contributed by atoms with Crippen LogP contribution in [0.5, 0.6) is 5.75 Å². The number of carbonyl (C=O) groups excluding carboxylic acids is 1. The lowest BCUT2D eigenvalue weighted by Crippen LogP contribution is -2.55. The van der Waals surface area contributed by atoms with Crippen molar-refractivity contribution in [3.63, 3.8) is 0 Å². The highest BCUT2D eigenvalue weighted by molar-refractivity contribution is 5.82. The van der Waals surface area contributed by atoms with Gasteiger partial charge in [-0.2, -0.15) is 0 Å². The van der Waals surface area contributed by atoms with Crippen LogP contribution < -0.4 is 15.4 Å². The van der Waals surface area contributed by atoms with E-state index in [1.54, 1.807) is 6.08 Å². The van der Waals surface area contributed by atoms with Crippen LogP contribution in [0.3, 0.4) is 0 Å². The van der Waals surface area contributed by atoms with Gasteiger partial charge in [-0.15, -0.1) is 0 Å². The number of rotatable bonds is 6. The van der Waals surface area contributed by atoms with E-state index in [0.717, 1.165) is 11.3 Å². The summed E-state index contributed by atoms with van der Waals surface area (Å²) < 4.78 is 11.1. The largest absolute Gasteiger partial charge is 0.489 e. The van der Waals surface area contributed by atoms with Crippen molar-refractivity contribution in [3.05, 3.63) is 42.5 Å². The molecule has 114 valence electrons. The summed E-state index contributed by atoms with van der Waals surface area (Å²) in [7, 11) is 0. The maximum absolute atomic E-state index is 12.2. The summed E-state index contributed by atoms with van der Waals surface area (Å²) in [6, 6.07) is 7.34. The third kappa shape index (κ3) is 4.31. The molecule has 5 heteroatoms. The van der Waals surface area contributed by atoms with Crippen molar-refractivity contribution in [2.75, 3.05) is 19.8 Å². The number of hydrogen-bond acceptors (Lipinski definition) is 4. The molecular weight excluding hydrogens is 268 g/mol. The summed E-state index contributed by atoms with van der Waals surface area (Å²) in [5.74, 6) is 0.708. The Morgan fingerprint density at radius 2 is 2.38 bits per heavy atom. The van der Waals surface area contributed by atoms with Crippen LogP contribution >= 0.6 is 0 Å². The van der Waals surface area contributed by atoms with E-state index in [1.807, 2.05) is 31.2 Å². The molecule has 0 aromatic heterocycles. The van der Waals surface area contributed by atoms with Gasteiger partial charge in [0.2, 0.25) is 5.91 Å². The third-order valence-corrected chi connectivity index (χ3v) is 3.38. The van der Waals surface area contributed by atoms with Crippen molar-refractivity contribution >= 4 is 5.91 Å². The van der Waals surface area contributed by atoms with Gasteiger partial charge >= 0.3 is 0 Å². The maximum Gasteiger partial charge on any atom is 0.240 e. The van der Waals surface area contributed by atoms with Crippen molar-refractivity contribution in [1.29, 1.82) is 0 Å². The minimum atomic E-state index is -0.306. The van der Waals surface area contributed by atoms with E-state index in [9.17, 15) is 4.79 Å². The Bertz CT molecular complexity index is 490. The van der Waals surface area contributed by atoms with Gasteiger partial charge in [0, 0.05) is 18.7 Å². The molecule has 1 saturated heterocycles. The second-order valence-corrected chi connectivity index (χ2v) is 4.93. The van der Waals surface area contributed by atoms with E-state index in [1.165, 1.54) is 0 Å². The summed E-state index contributed by atoms with van der Waals surface area (Å²) >= 11 is 0. The van der Waals surface area contributed by atoms with E-state index in [2.05, 4.69) is 17.2 Å². The van der Waals surface area contributed by atoms with Gasteiger partial charge in [0.15, 0.2) is 0 Å². The predicted molar refractivity (Wildman–Crippen MR) is 81.2 cm³/mol. The molecule has 1 aromatic carbocycles. The minimum absolute atomic E-state index is 0.0549. The van der Waals surface area contributed by atoms with Crippen LogP contribution in [0.2, 0.25) is 0 Å². The second kappa shape index (κ2) is 7.81. The quantitative estimate of drug-likeness (QED) is 0.774. The fraction of sp³-hybridized carbons (Fsp3) is 0.438. The van der Waals surface area contributed by atoms with Crippen molar-refractivity contribution in [2.24, 2.45) is 0 Å². The predicted octanol–water partition coefficient (Wildman–Crippen LogP) is 1.24. The first-order chi connectivity index (χ1) is 10.2. The Hall–Kier alpha value is -1.85. The molecule has 0 bridgehead atoms. The van der Waals surface area contributed by atoms with Crippen LogP contribution in [-0.2, 0) is 16.1 Å². The molecule has 1 amide bonds. The molecule has 0 unspecified atom stereocenters. The molecule has 0 radical (unpaired) electrons. The first-order valence-electron chi connectivity index (χ1n) is 7.16. The zero-order valence-electron chi connectivity index (χ0n) is 12.3. The van der Waals surface area contributed by atoms with Gasteiger partial charge in [-0.1, -0.05) is 30.9 Å². The summed E-state index contributed by atoms with van der Waals surface area (Å²) in [5, 5.41) is 6.10. The highest BCUT2D eigenvalue weighted by Gasteiger charge is 2.28. The van der Waals surface area contributed by atoms with Gasteiger partial charge in [-0.25, -0.2) is 0 Å². The highest BCUT2D eigenvalue weighted by atomic mass is 16.5. The Morgan fingerprint density at radius 1 is 1.57 bits per heavy atom. The lowest BCUT2D eigenvalue weighted by molar-refractivity contribution is -0.129. The van der Waals surface area contributed by atoms with E-state index in [-0.39, 0.29) is 18.1 Å². The van der Waals surface area contributed by atoms with E-state index >= 15 is 0 Å². The zero-order valence-corrected chi connectivity index (χ0v) is 12.3. The van der Waals surface area contributed by atoms with Crippen molar-refractivity contribution in [1.82, 2.24) is 10.6 Å². The number of para-hydroxylation sites is 1. The van der Waals surface area contributed by atoms with Gasteiger partial charge < -0.3 is 20.1 Å². The molecule has 1 aromatic rings. The molecule has 1 aliphatic rings. The Morgan fingerprint density at radius 3 is 3.14 bits per heavy atom. The van der Waals surface area contributed by atoms with Crippen LogP contribution in [-0.4, -0.2) is 37.8 Å². The lowest BCUT2D eigenvalue weighted by Gasteiger charge is -2.29. The van der Waals surface area contributed by atoms with E-state index in [0.29, 0.717) is 26.3 Å². The maximum atomic E-state index is 12.2. The number of carbonyl (C=O) groups is 1. The fourth-order valence-electron chi connectivity index (χ4n) is 2.26. The average Bonchev–Trinajstić information content (AvgIpc) is 2.52. The van der Waals surface area contributed by atoms with Crippen molar-refractivity contribution in [3.8, 4) is 5.75 Å². The summed E-state index contributed by atoms with van der Waals surface area (Å²) in [5.41, 5.74) is 0.942. The summed E-state index contributed by atoms with van der Waals surface area (Å²) in [6.45, 7) is 7.74. The average molecular weight is 290 g/mol. The molecule has 0 spiro atoms. The number of morpholine rings is 1. The van der Waals surface area contributed by atoms with Gasteiger partial charge in [0.1, 0.15) is 18.4 Å². The van der Waals surface area contributed by atoms with Gasteiger partial charge in [-0.3, -0.25) is 4.79 Å². The molecule has 2 N–H and O–H groups in total. The molecule has 5 nitrogen and oxygen atoms in total. The van der Waals surface area contributed by atoms with Crippen LogP contribution in [0.1, 0.15) is 12.5 Å². The smallest absolute Gasteiger partial charge is 0.240 e. The number of hydrogen-bond donors (Lipinski definition) is 2. The van der Waals surface area contributed by atoms with Crippen LogP contribution in [0.4, 0.5) is 0 Å². The number of nitrogens with one attached hydrogen (secondary N) is 2. The number of amides is 1. The van der Waals surface area contributed by atoms with Crippen molar-refractivity contribution < 1.29 is 14.3 Å². The van der Waals surface area contributed by atoms with Crippen molar-refractivity contribution in [2.45, 2.75) is 25.6 Å². The summed E-state index contributed by atoms with van der Waals surface area (Å²) in [6.07, 6.45) is 1.58. The standard InChI is InChI=1S/C16H22N2O3/c1-3-9-21-14-7-5-4-6-13(14)11-18-16(19)15-12(2)20-10-8-17-15/h3-7,12,15,17H,1,8-11H2,2H3,(H,18,19)/t12-,15+/m1/s1. The van der Waals surface area contributed by atoms with Crippen LogP contribution in [0.25, 0.3) is 0 Å². The second-order valence-electron chi connectivity index (χ2n) is 4.93. The van der Waals surface area contributed by atoms with E-state index in [4.69, 9.17) is 9.47 Å². The third-order valence-electron chi connectivity index (χ3n) is 3.38. The lowest BCUT2D eigenvalue weighted by atomic mass is 10.1. The molecule has 0 saturated carbocycles. The topological polar surface area (TPSA) is 59.6 Å². The molecular formula is C16H22N2O3. The molecule has 1 aliphatic heterocycles. The molecule has 1 fully saturated rings. The fourth-order valence-corrected chi connectivity index (χ4v) is 2.26. The van der Waals surface area contributed by atoms with E-state index < -0.39 is 0 Å². The van der Waals surface area contributed by atoms with Crippen LogP contribution in [0.15, 0.2) is 36.9 Å². The molecule has 2 rings (SSSR count). The highest BCUT2D eigenvalue weighted by Crippen LogP contribution is 2.17. The monoisotopic (exact) mass is 290 g/mol. The first kappa shape index (κ1) is 15.5. The Labute approximate surface area is 125 Å². The summed E-state index contributed by atoms with van der Waals surface area (Å²) in [4.78, 5) is 12.2. The zero-order chi connectivity index (χ0) is 15.1. The van der Waals surface area contributed by atoms with Crippen LogP contribution in [0, 0.1) is 0 Å². The molecule has 1 heterocycles. The first-order valence-corrected chi connectivity index (χ1v) is 7.16. The van der Waals surface area contributed by atoms with Gasteiger partial charge in [0.25, 0.3) is 0 Å². The number of ether oxygens (including phenoxy) is 2. The Balaban J connectivity index is 1.93.